The number of nitrogens with one attached hydrogen (secondary N) is 1. The van der Waals surface area contributed by atoms with Crippen molar-refractivity contribution in [1.82, 2.24) is 5.32 Å². The smallest absolute Gasteiger partial charge is 0.364 e. The number of hydrogen-bond acceptors (Lipinski definition) is 10. The molecule has 1 amide bonds. The van der Waals surface area contributed by atoms with Crippen LogP contribution in [0.4, 0.5) is 0 Å². The van der Waals surface area contributed by atoms with Crippen LogP contribution >= 0.6 is 0 Å². The van der Waals surface area contributed by atoms with E-state index in [0.29, 0.717) is 0 Å². The summed E-state index contributed by atoms with van der Waals surface area (Å²) in [7, 11) is 0. The second-order valence-electron chi connectivity index (χ2n) is 6.83. The Hall–Kier alpha value is -1.38. The van der Waals surface area contributed by atoms with E-state index in [1.807, 2.05) is 0 Å². The van der Waals surface area contributed by atoms with Crippen LogP contribution in [-0.2, 0) is 19.1 Å². The Bertz CT molecular complexity index is 552. The normalized spacial score (nSPS) is 40.9. The summed E-state index contributed by atoms with van der Waals surface area (Å²) >= 11 is 0. The minimum atomic E-state index is -2.46. The monoisotopic (exact) mass is 395 g/mol. The molecule has 12 nitrogen and oxygen atoms in total. The SMILES string of the molecule is CC(=O)NC1C([C@H](O)[C@H](O)CO)O[C@@](OCC2C(O)C2O)(C(=O)O)C[C@H]1O. The number of carboxylic acids is 1. The second kappa shape index (κ2) is 8.32. The molecule has 0 aromatic carbocycles. The van der Waals surface area contributed by atoms with E-state index in [-0.39, 0.29) is 0 Å². The quantitative estimate of drug-likeness (QED) is 0.196. The third-order valence-corrected chi connectivity index (χ3v) is 4.78. The minimum Gasteiger partial charge on any atom is -0.477 e. The topological polar surface area (TPSA) is 206 Å². The Labute approximate surface area is 153 Å². The molecule has 1 saturated carbocycles. The lowest BCUT2D eigenvalue weighted by Crippen LogP contribution is -2.68. The number of carbonyl (C=O) groups excluding carboxylic acids is 1. The first-order valence-electron chi connectivity index (χ1n) is 8.37. The van der Waals surface area contributed by atoms with Gasteiger partial charge in [-0.1, -0.05) is 0 Å². The average Bonchev–Trinajstić information content (AvgIpc) is 3.18. The number of carboxylic acid groups (broad SMARTS) is 1. The highest BCUT2D eigenvalue weighted by Crippen LogP contribution is 2.37. The summed E-state index contributed by atoms with van der Waals surface area (Å²) in [6.45, 7) is -0.160. The van der Waals surface area contributed by atoms with Crippen molar-refractivity contribution in [3.05, 3.63) is 0 Å². The number of aliphatic hydroxyl groups excluding tert-OH is 6. The molecule has 0 spiro atoms. The van der Waals surface area contributed by atoms with Crippen LogP contribution in [0.3, 0.4) is 0 Å². The molecule has 1 saturated heterocycles. The van der Waals surface area contributed by atoms with Crippen molar-refractivity contribution >= 4 is 11.9 Å². The molecule has 2 fully saturated rings. The molecule has 156 valence electrons. The summed E-state index contributed by atoms with van der Waals surface area (Å²) in [5, 5.41) is 69.9. The van der Waals surface area contributed by atoms with Gasteiger partial charge in [0.25, 0.3) is 5.79 Å². The summed E-state index contributed by atoms with van der Waals surface area (Å²) in [4.78, 5) is 23.2. The van der Waals surface area contributed by atoms with E-state index in [0.717, 1.165) is 6.92 Å². The largest absolute Gasteiger partial charge is 0.477 e. The summed E-state index contributed by atoms with van der Waals surface area (Å²) in [6, 6.07) is -1.29. The van der Waals surface area contributed by atoms with E-state index in [2.05, 4.69) is 5.32 Å². The number of carbonyl (C=O) groups is 2. The van der Waals surface area contributed by atoms with Gasteiger partial charge in [-0.25, -0.2) is 4.79 Å². The lowest BCUT2D eigenvalue weighted by Gasteiger charge is -2.46. The van der Waals surface area contributed by atoms with E-state index in [1.165, 1.54) is 0 Å². The van der Waals surface area contributed by atoms with E-state index in [4.69, 9.17) is 14.6 Å². The van der Waals surface area contributed by atoms with E-state index in [9.17, 15) is 40.2 Å². The molecule has 1 aliphatic heterocycles. The van der Waals surface area contributed by atoms with Gasteiger partial charge < -0.3 is 50.5 Å². The predicted molar refractivity (Wildman–Crippen MR) is 84.0 cm³/mol. The number of aliphatic hydroxyl groups is 6. The molecule has 1 aliphatic carbocycles. The molecule has 2 rings (SSSR count). The van der Waals surface area contributed by atoms with Crippen molar-refractivity contribution in [2.24, 2.45) is 5.92 Å². The highest BCUT2D eigenvalue weighted by molar-refractivity contribution is 5.76. The zero-order valence-electron chi connectivity index (χ0n) is 14.5. The van der Waals surface area contributed by atoms with Gasteiger partial charge in [0.2, 0.25) is 5.91 Å². The molecule has 1 heterocycles. The number of rotatable bonds is 8. The highest BCUT2D eigenvalue weighted by atomic mass is 16.7. The van der Waals surface area contributed by atoms with Gasteiger partial charge >= 0.3 is 5.97 Å². The lowest BCUT2D eigenvalue weighted by molar-refractivity contribution is -0.312. The van der Waals surface area contributed by atoms with Crippen LogP contribution in [0.1, 0.15) is 13.3 Å². The summed E-state index contributed by atoms with van der Waals surface area (Å²) < 4.78 is 10.6. The molecule has 0 aromatic rings. The Morgan fingerprint density at radius 3 is 2.30 bits per heavy atom. The molecule has 2 aliphatic rings. The van der Waals surface area contributed by atoms with Crippen molar-refractivity contribution in [3.63, 3.8) is 0 Å². The Kier molecular flexibility index (Phi) is 6.76. The maximum atomic E-state index is 11.8. The van der Waals surface area contributed by atoms with Crippen LogP contribution in [0, 0.1) is 5.92 Å². The number of aliphatic carboxylic acids is 1. The first-order chi connectivity index (χ1) is 12.5. The molecule has 12 heteroatoms. The zero-order valence-corrected chi connectivity index (χ0v) is 14.5. The minimum absolute atomic E-state index is 0.405. The molecule has 4 unspecified atom stereocenters. The Morgan fingerprint density at radius 1 is 1.26 bits per heavy atom. The van der Waals surface area contributed by atoms with Crippen LogP contribution in [0.25, 0.3) is 0 Å². The maximum absolute atomic E-state index is 11.8. The van der Waals surface area contributed by atoms with Gasteiger partial charge in [0.15, 0.2) is 0 Å². The van der Waals surface area contributed by atoms with Crippen LogP contribution in [0.2, 0.25) is 0 Å². The Balaban J connectivity index is 2.25. The van der Waals surface area contributed by atoms with Gasteiger partial charge in [-0.3, -0.25) is 4.79 Å². The predicted octanol–water partition coefficient (Wildman–Crippen LogP) is -4.50. The van der Waals surface area contributed by atoms with Crippen molar-refractivity contribution in [3.8, 4) is 0 Å². The van der Waals surface area contributed by atoms with Crippen molar-refractivity contribution in [2.75, 3.05) is 13.2 Å². The van der Waals surface area contributed by atoms with Crippen molar-refractivity contribution < 1.29 is 54.8 Å². The summed E-state index contributed by atoms with van der Waals surface area (Å²) in [5.41, 5.74) is 0. The van der Waals surface area contributed by atoms with Gasteiger partial charge in [-0.2, -0.15) is 0 Å². The van der Waals surface area contributed by atoms with Crippen molar-refractivity contribution in [1.29, 1.82) is 0 Å². The molecular weight excluding hydrogens is 370 g/mol. The second-order valence-corrected chi connectivity index (χ2v) is 6.83. The number of amides is 1. The van der Waals surface area contributed by atoms with E-state index in [1.54, 1.807) is 0 Å². The van der Waals surface area contributed by atoms with E-state index < -0.39 is 85.9 Å². The molecule has 8 atom stereocenters. The van der Waals surface area contributed by atoms with Crippen LogP contribution < -0.4 is 5.32 Å². The third kappa shape index (κ3) is 4.55. The maximum Gasteiger partial charge on any atom is 0.364 e. The summed E-state index contributed by atoms with van der Waals surface area (Å²) in [6.07, 6.45) is -9.56. The Morgan fingerprint density at radius 2 is 1.85 bits per heavy atom. The molecule has 0 radical (unpaired) electrons. The number of hydrogen-bond donors (Lipinski definition) is 8. The van der Waals surface area contributed by atoms with Gasteiger partial charge in [0.1, 0.15) is 18.3 Å². The van der Waals surface area contributed by atoms with E-state index >= 15 is 0 Å². The molecule has 27 heavy (non-hydrogen) atoms. The number of ether oxygens (including phenoxy) is 2. The molecule has 0 aromatic heterocycles. The first-order valence-corrected chi connectivity index (χ1v) is 8.37. The van der Waals surface area contributed by atoms with Crippen LogP contribution in [0.5, 0.6) is 0 Å². The van der Waals surface area contributed by atoms with Gasteiger partial charge in [0, 0.05) is 19.3 Å². The van der Waals surface area contributed by atoms with Crippen LogP contribution in [-0.4, -0.2) is 109 Å². The summed E-state index contributed by atoms with van der Waals surface area (Å²) in [5.74, 6) is -5.45. The average molecular weight is 395 g/mol. The molecule has 0 bridgehead atoms. The standard InChI is InChI=1S/C15H25NO11/c1-5(18)16-9-7(19)2-15(14(24)25,26-4-6-10(21)11(6)22)27-13(9)12(23)8(20)3-17/h6-13,17,19-23H,2-4H2,1H3,(H,16,18)(H,24,25)/t6?,7-,8-,9?,10?,11?,12-,13?,15-/m1/s1. The fourth-order valence-electron chi connectivity index (χ4n) is 3.04. The first kappa shape index (κ1) is 21.9. The fraction of sp³-hybridized carbons (Fsp3) is 0.867. The zero-order chi connectivity index (χ0) is 20.5. The van der Waals surface area contributed by atoms with Crippen LogP contribution in [0.15, 0.2) is 0 Å². The fourth-order valence-corrected chi connectivity index (χ4v) is 3.04. The molecular formula is C15H25NO11. The lowest BCUT2D eigenvalue weighted by atomic mass is 9.88. The van der Waals surface area contributed by atoms with Gasteiger partial charge in [0.05, 0.1) is 37.6 Å². The highest BCUT2D eigenvalue weighted by Gasteiger charge is 2.57. The molecule has 8 N–H and O–H groups in total. The van der Waals surface area contributed by atoms with Gasteiger partial charge in [-0.15, -0.1) is 0 Å². The van der Waals surface area contributed by atoms with Gasteiger partial charge in [-0.05, 0) is 0 Å². The van der Waals surface area contributed by atoms with Crippen molar-refractivity contribution in [2.45, 2.75) is 61.8 Å². The third-order valence-electron chi connectivity index (χ3n) is 4.78.